The van der Waals surface area contributed by atoms with E-state index in [0.29, 0.717) is 0 Å². The Bertz CT molecular complexity index is 514. The van der Waals surface area contributed by atoms with E-state index in [2.05, 4.69) is 36.6 Å². The zero-order valence-corrected chi connectivity index (χ0v) is 9.73. The van der Waals surface area contributed by atoms with Gasteiger partial charge in [0, 0.05) is 4.90 Å². The number of hydrogen-bond donors (Lipinski definition) is 0. The van der Waals surface area contributed by atoms with Crippen LogP contribution in [0.2, 0.25) is 0 Å². The van der Waals surface area contributed by atoms with Crippen LogP contribution in [0.5, 0.6) is 0 Å². The number of benzene rings is 2. The van der Waals surface area contributed by atoms with Crippen LogP contribution >= 0.6 is 11.8 Å². The molecule has 0 nitrogen and oxygen atoms in total. The summed E-state index contributed by atoms with van der Waals surface area (Å²) in [4.78, 5) is 1.51. The first-order chi connectivity index (χ1) is 7.40. The van der Waals surface area contributed by atoms with Crippen LogP contribution in [0.15, 0.2) is 35.2 Å². The maximum atomic E-state index is 2.39. The summed E-state index contributed by atoms with van der Waals surface area (Å²) in [6, 6.07) is 11.1. The molecule has 0 bridgehead atoms. The summed E-state index contributed by atoms with van der Waals surface area (Å²) in [5.41, 5.74) is 3.19. The second kappa shape index (κ2) is 3.57. The van der Waals surface area contributed by atoms with Gasteiger partial charge in [-0.25, -0.2) is 0 Å². The minimum atomic E-state index is 1.27. The molecule has 0 N–H and O–H groups in total. The van der Waals surface area contributed by atoms with Crippen LogP contribution in [0.3, 0.4) is 0 Å². The first kappa shape index (κ1) is 9.29. The van der Waals surface area contributed by atoms with Crippen LogP contribution in [0.1, 0.15) is 17.5 Å². The number of fused-ring (bicyclic) bond motifs is 2. The Morgan fingerprint density at radius 2 is 2.00 bits per heavy atom. The molecule has 0 spiro atoms. The second-order valence-electron chi connectivity index (χ2n) is 4.12. The van der Waals surface area contributed by atoms with Gasteiger partial charge in [0.2, 0.25) is 0 Å². The van der Waals surface area contributed by atoms with Crippen molar-refractivity contribution in [2.24, 2.45) is 0 Å². The van der Waals surface area contributed by atoms with Gasteiger partial charge in [0.1, 0.15) is 0 Å². The summed E-state index contributed by atoms with van der Waals surface area (Å²) < 4.78 is 0. The van der Waals surface area contributed by atoms with Gasteiger partial charge in [-0.15, -0.1) is 11.8 Å². The van der Waals surface area contributed by atoms with Crippen LogP contribution in [0.25, 0.3) is 10.8 Å². The van der Waals surface area contributed by atoms with Gasteiger partial charge in [0.05, 0.1) is 0 Å². The van der Waals surface area contributed by atoms with Gasteiger partial charge in [-0.2, -0.15) is 0 Å². The van der Waals surface area contributed by atoms with E-state index in [0.717, 1.165) is 0 Å². The standard InChI is InChI=1S/C14H14S/c1-15-14-12-7-3-2-5-10(12)9-11-6-4-8-13(11)14/h2-3,5,7,9H,4,6,8H2,1H3. The number of aryl methyl sites for hydroxylation is 1. The third kappa shape index (κ3) is 1.37. The Morgan fingerprint density at radius 3 is 2.87 bits per heavy atom. The summed E-state index contributed by atoms with van der Waals surface area (Å²) >= 11 is 1.90. The van der Waals surface area contributed by atoms with Gasteiger partial charge in [0.25, 0.3) is 0 Å². The second-order valence-corrected chi connectivity index (χ2v) is 4.94. The van der Waals surface area contributed by atoms with Crippen molar-refractivity contribution in [1.29, 1.82) is 0 Å². The highest BCUT2D eigenvalue weighted by molar-refractivity contribution is 7.98. The summed E-state index contributed by atoms with van der Waals surface area (Å²) in [5, 5.41) is 2.84. The van der Waals surface area contributed by atoms with Crippen LogP contribution in [0.4, 0.5) is 0 Å². The zero-order chi connectivity index (χ0) is 10.3. The first-order valence-corrected chi connectivity index (χ1v) is 6.70. The highest BCUT2D eigenvalue weighted by Gasteiger charge is 2.16. The van der Waals surface area contributed by atoms with E-state index < -0.39 is 0 Å². The lowest BCUT2D eigenvalue weighted by molar-refractivity contribution is 0.906. The smallest absolute Gasteiger partial charge is 0.0182 e. The van der Waals surface area contributed by atoms with Gasteiger partial charge < -0.3 is 0 Å². The van der Waals surface area contributed by atoms with Crippen molar-refractivity contribution < 1.29 is 0 Å². The molecule has 0 heterocycles. The van der Waals surface area contributed by atoms with Gasteiger partial charge in [-0.1, -0.05) is 30.3 Å². The van der Waals surface area contributed by atoms with Gasteiger partial charge in [0.15, 0.2) is 0 Å². The molecule has 1 aliphatic rings. The molecule has 1 heteroatoms. The highest BCUT2D eigenvalue weighted by atomic mass is 32.2. The van der Waals surface area contributed by atoms with Crippen molar-refractivity contribution >= 4 is 22.5 Å². The fourth-order valence-electron chi connectivity index (χ4n) is 2.60. The Balaban J connectivity index is 2.41. The van der Waals surface area contributed by atoms with Crippen molar-refractivity contribution in [3.05, 3.63) is 41.5 Å². The van der Waals surface area contributed by atoms with Crippen molar-refractivity contribution in [2.45, 2.75) is 24.2 Å². The fourth-order valence-corrected chi connectivity index (χ4v) is 3.48. The Kier molecular flexibility index (Phi) is 2.21. The number of rotatable bonds is 1. The number of hydrogen-bond acceptors (Lipinski definition) is 1. The molecule has 15 heavy (non-hydrogen) atoms. The molecule has 1 aliphatic carbocycles. The third-order valence-electron chi connectivity index (χ3n) is 3.27. The Hall–Kier alpha value is -0.950. The average Bonchev–Trinajstić information content (AvgIpc) is 2.73. The van der Waals surface area contributed by atoms with Crippen LogP contribution < -0.4 is 0 Å². The maximum Gasteiger partial charge on any atom is 0.0182 e. The summed E-state index contributed by atoms with van der Waals surface area (Å²) in [6.45, 7) is 0. The van der Waals surface area contributed by atoms with Gasteiger partial charge in [-0.05, 0) is 47.4 Å². The minimum Gasteiger partial charge on any atom is -0.129 e. The van der Waals surface area contributed by atoms with E-state index in [9.17, 15) is 0 Å². The lowest BCUT2D eigenvalue weighted by atomic mass is 10.0. The van der Waals surface area contributed by atoms with Crippen molar-refractivity contribution in [1.82, 2.24) is 0 Å². The van der Waals surface area contributed by atoms with E-state index in [-0.39, 0.29) is 0 Å². The molecule has 0 aromatic heterocycles. The van der Waals surface area contributed by atoms with Gasteiger partial charge in [-0.3, -0.25) is 0 Å². The summed E-state index contributed by atoms with van der Waals surface area (Å²) in [6.07, 6.45) is 6.07. The van der Waals surface area contributed by atoms with Crippen molar-refractivity contribution in [2.75, 3.05) is 6.26 Å². The van der Waals surface area contributed by atoms with E-state index in [1.165, 1.54) is 34.9 Å². The molecule has 2 aromatic rings. The SMILES string of the molecule is CSc1c2c(cc3ccccc13)CCC2. The predicted octanol–water partition coefficient (Wildman–Crippen LogP) is 4.05. The molecule has 0 radical (unpaired) electrons. The van der Waals surface area contributed by atoms with Crippen LogP contribution in [-0.4, -0.2) is 6.26 Å². The largest absolute Gasteiger partial charge is 0.129 e. The molecule has 0 saturated carbocycles. The van der Waals surface area contributed by atoms with Crippen LogP contribution in [0, 0.1) is 0 Å². The molecule has 0 atom stereocenters. The van der Waals surface area contributed by atoms with E-state index >= 15 is 0 Å². The molecule has 0 unspecified atom stereocenters. The van der Waals surface area contributed by atoms with Crippen molar-refractivity contribution in [3.63, 3.8) is 0 Å². The minimum absolute atomic E-state index is 1.27. The molecule has 0 saturated heterocycles. The fraction of sp³-hybridized carbons (Fsp3) is 0.286. The summed E-state index contributed by atoms with van der Waals surface area (Å²) in [5.74, 6) is 0. The van der Waals surface area contributed by atoms with E-state index in [1.807, 2.05) is 11.8 Å². The molecule has 0 fully saturated rings. The molecule has 0 amide bonds. The topological polar surface area (TPSA) is 0 Å². The predicted molar refractivity (Wildman–Crippen MR) is 67.8 cm³/mol. The lowest BCUT2D eigenvalue weighted by Crippen LogP contribution is -1.88. The Morgan fingerprint density at radius 1 is 1.13 bits per heavy atom. The lowest BCUT2D eigenvalue weighted by Gasteiger charge is -2.10. The molecule has 0 aliphatic heterocycles. The summed E-state index contributed by atoms with van der Waals surface area (Å²) in [7, 11) is 0. The molecule has 3 rings (SSSR count). The molecular formula is C14H14S. The number of thioether (sulfide) groups is 1. The van der Waals surface area contributed by atoms with Gasteiger partial charge >= 0.3 is 0 Å². The molecular weight excluding hydrogens is 200 g/mol. The zero-order valence-electron chi connectivity index (χ0n) is 8.92. The van der Waals surface area contributed by atoms with Crippen molar-refractivity contribution in [3.8, 4) is 0 Å². The maximum absolute atomic E-state index is 2.39. The van der Waals surface area contributed by atoms with Crippen LogP contribution in [-0.2, 0) is 12.8 Å². The normalized spacial score (nSPS) is 14.5. The molecule has 2 aromatic carbocycles. The van der Waals surface area contributed by atoms with E-state index in [4.69, 9.17) is 0 Å². The third-order valence-corrected chi connectivity index (χ3v) is 4.15. The molecule has 76 valence electrons. The Labute approximate surface area is 94.7 Å². The quantitative estimate of drug-likeness (QED) is 0.645. The van der Waals surface area contributed by atoms with E-state index in [1.54, 1.807) is 11.1 Å². The monoisotopic (exact) mass is 214 g/mol. The average molecular weight is 214 g/mol. The highest BCUT2D eigenvalue weighted by Crippen LogP contribution is 2.37. The first-order valence-electron chi connectivity index (χ1n) is 5.47.